The summed E-state index contributed by atoms with van der Waals surface area (Å²) in [6, 6.07) is 13.4. The van der Waals surface area contributed by atoms with Gasteiger partial charge in [0, 0.05) is 24.3 Å². The second kappa shape index (κ2) is 8.97. The van der Waals surface area contributed by atoms with E-state index in [1.807, 2.05) is 30.3 Å². The monoisotopic (exact) mass is 423 g/mol. The van der Waals surface area contributed by atoms with Crippen molar-refractivity contribution in [2.24, 2.45) is 0 Å². The number of amides is 1. The number of nitrogens with one attached hydrogen (secondary N) is 1. The van der Waals surface area contributed by atoms with Gasteiger partial charge in [0.15, 0.2) is 15.9 Å². The van der Waals surface area contributed by atoms with E-state index in [9.17, 15) is 9.59 Å². The standard InChI is InChI=1S/C20H17N5O2S2/c26-16(23-19-22-10-12-28-19)13-29-20-24-17-15(7-4-9-21-17)18(27)25(20)11-8-14-5-2-1-3-6-14/h1-7,9-10,12H,8,11,13H2,(H,22,23,26). The van der Waals surface area contributed by atoms with E-state index >= 15 is 0 Å². The number of thiazole rings is 1. The summed E-state index contributed by atoms with van der Waals surface area (Å²) in [4.78, 5) is 38.0. The third kappa shape index (κ3) is 4.69. The Hall–Kier alpha value is -3.04. The first-order valence-electron chi connectivity index (χ1n) is 8.92. The smallest absolute Gasteiger partial charge is 0.263 e. The lowest BCUT2D eigenvalue weighted by Gasteiger charge is -2.12. The molecule has 0 fully saturated rings. The van der Waals surface area contributed by atoms with Crippen LogP contribution in [0.2, 0.25) is 0 Å². The summed E-state index contributed by atoms with van der Waals surface area (Å²) in [6.45, 7) is 0.469. The minimum Gasteiger partial charge on any atom is -0.301 e. The van der Waals surface area contributed by atoms with Crippen LogP contribution in [0.5, 0.6) is 0 Å². The zero-order valence-electron chi connectivity index (χ0n) is 15.3. The van der Waals surface area contributed by atoms with Gasteiger partial charge in [0.1, 0.15) is 0 Å². The van der Waals surface area contributed by atoms with Crippen molar-refractivity contribution in [3.8, 4) is 0 Å². The molecule has 4 rings (SSSR count). The van der Waals surface area contributed by atoms with Crippen molar-refractivity contribution in [2.45, 2.75) is 18.1 Å². The number of nitrogens with zero attached hydrogens (tertiary/aromatic N) is 4. The number of benzene rings is 1. The molecule has 0 spiro atoms. The predicted octanol–water partition coefficient (Wildman–Crippen LogP) is 3.22. The average molecular weight is 424 g/mol. The van der Waals surface area contributed by atoms with Crippen LogP contribution in [0.25, 0.3) is 11.0 Å². The molecule has 0 saturated heterocycles. The van der Waals surface area contributed by atoms with Gasteiger partial charge < -0.3 is 5.32 Å². The first-order chi connectivity index (χ1) is 14.2. The number of fused-ring (bicyclic) bond motifs is 1. The maximum Gasteiger partial charge on any atom is 0.263 e. The number of carbonyl (C=O) groups excluding carboxylic acids is 1. The van der Waals surface area contributed by atoms with Gasteiger partial charge in [-0.05, 0) is 24.1 Å². The highest BCUT2D eigenvalue weighted by Gasteiger charge is 2.14. The van der Waals surface area contributed by atoms with Crippen LogP contribution in [0.4, 0.5) is 5.13 Å². The van der Waals surface area contributed by atoms with Gasteiger partial charge in [-0.3, -0.25) is 14.2 Å². The van der Waals surface area contributed by atoms with Crippen LogP contribution < -0.4 is 10.9 Å². The van der Waals surface area contributed by atoms with E-state index in [1.54, 1.807) is 34.5 Å². The molecule has 146 valence electrons. The van der Waals surface area contributed by atoms with E-state index in [0.29, 0.717) is 34.3 Å². The zero-order chi connectivity index (χ0) is 20.1. The summed E-state index contributed by atoms with van der Waals surface area (Å²) in [5.74, 6) is -0.0784. The summed E-state index contributed by atoms with van der Waals surface area (Å²) in [5, 5.41) is 6.02. The highest BCUT2D eigenvalue weighted by atomic mass is 32.2. The Kier molecular flexibility index (Phi) is 5.97. The van der Waals surface area contributed by atoms with E-state index in [1.165, 1.54) is 23.1 Å². The van der Waals surface area contributed by atoms with Crippen LogP contribution in [-0.4, -0.2) is 31.2 Å². The van der Waals surface area contributed by atoms with E-state index in [-0.39, 0.29) is 17.2 Å². The molecule has 0 aliphatic rings. The van der Waals surface area contributed by atoms with Crippen molar-refractivity contribution >= 4 is 45.2 Å². The molecule has 0 atom stereocenters. The van der Waals surface area contributed by atoms with Gasteiger partial charge in [-0.25, -0.2) is 15.0 Å². The second-order valence-corrected chi connectivity index (χ2v) is 7.97. The number of carbonyl (C=O) groups is 1. The Morgan fingerprint density at radius 2 is 1.97 bits per heavy atom. The summed E-state index contributed by atoms with van der Waals surface area (Å²) in [7, 11) is 0. The molecule has 1 N–H and O–H groups in total. The number of rotatable bonds is 7. The maximum atomic E-state index is 13.0. The van der Waals surface area contributed by atoms with E-state index < -0.39 is 0 Å². The largest absolute Gasteiger partial charge is 0.301 e. The van der Waals surface area contributed by atoms with Gasteiger partial charge in [-0.2, -0.15) is 0 Å². The lowest BCUT2D eigenvalue weighted by atomic mass is 10.1. The van der Waals surface area contributed by atoms with Crippen LogP contribution in [0.1, 0.15) is 5.56 Å². The van der Waals surface area contributed by atoms with Crippen molar-refractivity contribution in [3.05, 3.63) is 76.2 Å². The molecule has 3 heterocycles. The Labute approximate surface area is 174 Å². The van der Waals surface area contributed by atoms with Crippen LogP contribution in [0.15, 0.2) is 70.2 Å². The topological polar surface area (TPSA) is 89.8 Å². The molecule has 1 aromatic carbocycles. The van der Waals surface area contributed by atoms with Gasteiger partial charge >= 0.3 is 0 Å². The summed E-state index contributed by atoms with van der Waals surface area (Å²) in [5.41, 5.74) is 1.36. The van der Waals surface area contributed by atoms with Crippen LogP contribution in [0, 0.1) is 0 Å². The first-order valence-corrected chi connectivity index (χ1v) is 10.8. The first kappa shape index (κ1) is 19.3. The van der Waals surface area contributed by atoms with Crippen molar-refractivity contribution in [1.29, 1.82) is 0 Å². The van der Waals surface area contributed by atoms with Gasteiger partial charge in [-0.1, -0.05) is 42.1 Å². The maximum absolute atomic E-state index is 13.0. The highest BCUT2D eigenvalue weighted by molar-refractivity contribution is 7.99. The minimum atomic E-state index is -0.199. The number of anilines is 1. The van der Waals surface area contributed by atoms with E-state index in [2.05, 4.69) is 20.3 Å². The average Bonchev–Trinajstić information content (AvgIpc) is 3.25. The zero-order valence-corrected chi connectivity index (χ0v) is 16.9. The van der Waals surface area contributed by atoms with Crippen LogP contribution in [-0.2, 0) is 17.8 Å². The molecule has 0 radical (unpaired) electrons. The molecule has 0 bridgehead atoms. The number of hydrogen-bond donors (Lipinski definition) is 1. The fourth-order valence-corrected chi connectivity index (χ4v) is 4.16. The molecule has 4 aromatic rings. The molecule has 7 nitrogen and oxygen atoms in total. The van der Waals surface area contributed by atoms with Crippen LogP contribution in [0.3, 0.4) is 0 Å². The normalized spacial score (nSPS) is 10.9. The van der Waals surface area contributed by atoms with Crippen molar-refractivity contribution in [3.63, 3.8) is 0 Å². The molecule has 3 aromatic heterocycles. The number of thioether (sulfide) groups is 1. The van der Waals surface area contributed by atoms with E-state index in [4.69, 9.17) is 0 Å². The molecule has 0 unspecified atom stereocenters. The van der Waals surface area contributed by atoms with Crippen LogP contribution >= 0.6 is 23.1 Å². The highest BCUT2D eigenvalue weighted by Crippen LogP contribution is 2.18. The number of pyridine rings is 1. The van der Waals surface area contributed by atoms with Gasteiger partial charge in [-0.15, -0.1) is 11.3 Å². The lowest BCUT2D eigenvalue weighted by molar-refractivity contribution is -0.113. The van der Waals surface area contributed by atoms with E-state index in [0.717, 1.165) is 5.56 Å². The fourth-order valence-electron chi connectivity index (χ4n) is 2.80. The third-order valence-electron chi connectivity index (χ3n) is 4.17. The van der Waals surface area contributed by atoms with Crippen molar-refractivity contribution in [2.75, 3.05) is 11.1 Å². The van der Waals surface area contributed by atoms with Crippen molar-refractivity contribution < 1.29 is 4.79 Å². The molecular weight excluding hydrogens is 406 g/mol. The predicted molar refractivity (Wildman–Crippen MR) is 115 cm³/mol. The molecule has 1 amide bonds. The Balaban J connectivity index is 1.58. The molecular formula is C20H17N5O2S2. The summed E-state index contributed by atoms with van der Waals surface area (Å²) in [6.07, 6.45) is 3.92. The van der Waals surface area contributed by atoms with Gasteiger partial charge in [0.25, 0.3) is 5.56 Å². The van der Waals surface area contributed by atoms with Gasteiger partial charge in [0.05, 0.1) is 11.1 Å². The minimum absolute atomic E-state index is 0.121. The molecule has 0 aliphatic heterocycles. The molecule has 29 heavy (non-hydrogen) atoms. The number of aryl methyl sites for hydroxylation is 1. The Bertz CT molecular complexity index is 1180. The van der Waals surface area contributed by atoms with Crippen molar-refractivity contribution in [1.82, 2.24) is 19.5 Å². The van der Waals surface area contributed by atoms with Gasteiger partial charge in [0.2, 0.25) is 5.91 Å². The number of aromatic nitrogens is 4. The Morgan fingerprint density at radius 1 is 1.10 bits per heavy atom. The Morgan fingerprint density at radius 3 is 2.76 bits per heavy atom. The molecule has 0 saturated carbocycles. The third-order valence-corrected chi connectivity index (χ3v) is 5.84. The SMILES string of the molecule is O=C(CSc1nc2ncccc2c(=O)n1CCc1ccccc1)Nc1nccs1. The lowest BCUT2D eigenvalue weighted by Crippen LogP contribution is -2.25. The fraction of sp³-hybridized carbons (Fsp3) is 0.150. The second-order valence-electron chi connectivity index (χ2n) is 6.14. The number of hydrogen-bond acceptors (Lipinski definition) is 7. The summed E-state index contributed by atoms with van der Waals surface area (Å²) >= 11 is 2.57. The summed E-state index contributed by atoms with van der Waals surface area (Å²) < 4.78 is 1.62. The molecule has 9 heteroatoms. The quantitative estimate of drug-likeness (QED) is 0.363. The molecule has 0 aliphatic carbocycles.